The predicted octanol–water partition coefficient (Wildman–Crippen LogP) is 5.80. The molecule has 0 aliphatic carbocycles. The number of hydrogen-bond donors (Lipinski definition) is 0. The molecule has 5 heteroatoms. The van der Waals surface area contributed by atoms with Crippen LogP contribution in [0.2, 0.25) is 0 Å². The Balaban J connectivity index is 0.00000222. The Labute approximate surface area is 215 Å². The third-order valence-corrected chi connectivity index (χ3v) is 7.20. The van der Waals surface area contributed by atoms with E-state index in [2.05, 4.69) is 6.58 Å². The van der Waals surface area contributed by atoms with Crippen LogP contribution in [-0.2, 0) is 15.6 Å². The fraction of sp³-hybridized carbons (Fsp3) is 0.258. The van der Waals surface area contributed by atoms with Crippen molar-refractivity contribution in [3.05, 3.63) is 106 Å². The van der Waals surface area contributed by atoms with Gasteiger partial charge >= 0.3 is 0 Å². The Kier molecular flexibility index (Phi) is 10.9. The third kappa shape index (κ3) is 7.79. The Bertz CT molecular complexity index is 1430. The van der Waals surface area contributed by atoms with E-state index in [9.17, 15) is 13.2 Å². The topological polar surface area (TPSA) is 60.4 Å². The summed E-state index contributed by atoms with van der Waals surface area (Å²) in [5, 5.41) is 1.98. The maximum absolute atomic E-state index is 13.2. The molecule has 0 atom stereocenters. The van der Waals surface area contributed by atoms with Crippen LogP contribution >= 0.6 is 0 Å². The van der Waals surface area contributed by atoms with Crippen LogP contribution < -0.4 is 15.2 Å². The number of ether oxygens (including phenoxy) is 1. The monoisotopic (exact) mass is 504 g/mol. The molecular formula is C31H36O4S. The number of rotatable bonds is 9. The lowest BCUT2D eigenvalue weighted by Crippen LogP contribution is -2.21. The quantitative estimate of drug-likeness (QED) is 0.345. The van der Waals surface area contributed by atoms with Gasteiger partial charge in [0, 0.05) is 12.0 Å². The highest BCUT2D eigenvalue weighted by Gasteiger charge is 2.21. The molecular weight excluding hydrogens is 468 g/mol. The van der Waals surface area contributed by atoms with Crippen LogP contribution in [0.5, 0.6) is 5.75 Å². The van der Waals surface area contributed by atoms with Crippen molar-refractivity contribution in [3.63, 3.8) is 0 Å². The summed E-state index contributed by atoms with van der Waals surface area (Å²) in [5.41, 5.74) is 2.80. The van der Waals surface area contributed by atoms with Crippen molar-refractivity contribution >= 4 is 28.3 Å². The molecule has 36 heavy (non-hydrogen) atoms. The van der Waals surface area contributed by atoms with Gasteiger partial charge in [-0.15, -0.1) is 0 Å². The second-order valence-corrected chi connectivity index (χ2v) is 10.3. The minimum absolute atomic E-state index is 0.0547. The van der Waals surface area contributed by atoms with Gasteiger partial charge in [0.2, 0.25) is 0 Å². The standard InChI is InChI=1S/C29H30O4S.C2H6/c1-5-28(30)29-23(4)11-8-13-25(29)20-34(31,32)27-15-9-14-26(18-27)33-19-21(2)16-17-24-12-7-6-10-22(24)3;1-2/h6-18H,3,5,19-20H2,1-2,4H3;1-2H3/b21-16+,24-17-;. The van der Waals surface area contributed by atoms with E-state index >= 15 is 0 Å². The minimum Gasteiger partial charge on any atom is -0.489 e. The number of carbonyl (C=O) groups excluding carboxylic acids is 1. The molecule has 0 N–H and O–H groups in total. The lowest BCUT2D eigenvalue weighted by Gasteiger charge is -2.13. The molecule has 0 bridgehead atoms. The Morgan fingerprint density at radius 3 is 2.39 bits per heavy atom. The molecule has 3 aromatic carbocycles. The molecule has 3 aromatic rings. The van der Waals surface area contributed by atoms with Gasteiger partial charge in [0.15, 0.2) is 15.6 Å². The summed E-state index contributed by atoms with van der Waals surface area (Å²) < 4.78 is 32.2. The fourth-order valence-corrected chi connectivity index (χ4v) is 5.04. The number of benzene rings is 3. The number of Topliss-reactive ketones (excluding diaryl/α,β-unsaturated/α-hetero) is 1. The van der Waals surface area contributed by atoms with Crippen molar-refractivity contribution in [2.24, 2.45) is 0 Å². The second-order valence-electron chi connectivity index (χ2n) is 8.29. The van der Waals surface area contributed by atoms with E-state index in [0.29, 0.717) is 29.9 Å². The molecule has 0 spiro atoms. The average Bonchev–Trinajstić information content (AvgIpc) is 2.88. The summed E-state index contributed by atoms with van der Waals surface area (Å²) in [6.45, 7) is 13.9. The Morgan fingerprint density at radius 2 is 1.69 bits per heavy atom. The molecule has 0 radical (unpaired) electrons. The Hall–Kier alpha value is -3.44. The van der Waals surface area contributed by atoms with Crippen molar-refractivity contribution in [1.82, 2.24) is 0 Å². The zero-order valence-electron chi connectivity index (χ0n) is 21.9. The highest BCUT2D eigenvalue weighted by Crippen LogP contribution is 2.25. The lowest BCUT2D eigenvalue weighted by atomic mass is 9.98. The van der Waals surface area contributed by atoms with E-state index < -0.39 is 9.84 Å². The molecule has 0 saturated heterocycles. The minimum atomic E-state index is -3.67. The van der Waals surface area contributed by atoms with Crippen LogP contribution in [0, 0.1) is 6.92 Å². The third-order valence-electron chi connectivity index (χ3n) is 5.54. The molecule has 4 nitrogen and oxygen atoms in total. The van der Waals surface area contributed by atoms with Crippen LogP contribution in [0.1, 0.15) is 55.6 Å². The molecule has 0 amide bonds. The van der Waals surface area contributed by atoms with Crippen molar-refractivity contribution < 1.29 is 17.9 Å². The predicted molar refractivity (Wildman–Crippen MR) is 149 cm³/mol. The van der Waals surface area contributed by atoms with Crippen LogP contribution in [0.3, 0.4) is 0 Å². The molecule has 0 fully saturated rings. The van der Waals surface area contributed by atoms with Gasteiger partial charge in [0.05, 0.1) is 10.6 Å². The van der Waals surface area contributed by atoms with Gasteiger partial charge < -0.3 is 4.74 Å². The van der Waals surface area contributed by atoms with E-state index in [0.717, 1.165) is 21.6 Å². The molecule has 0 saturated carbocycles. The SMILES string of the molecule is C=c1cccc/c1=C/C=C(\C)COc1cccc(S(=O)(=O)Cc2cccc(C)c2C(=O)CC)c1.CC. The first kappa shape index (κ1) is 28.8. The van der Waals surface area contributed by atoms with E-state index in [1.54, 1.807) is 37.3 Å². The van der Waals surface area contributed by atoms with Crippen LogP contribution in [0.25, 0.3) is 12.7 Å². The number of sulfone groups is 1. The summed E-state index contributed by atoms with van der Waals surface area (Å²) in [5.74, 6) is 0.179. The van der Waals surface area contributed by atoms with E-state index in [1.807, 2.05) is 70.2 Å². The van der Waals surface area contributed by atoms with Crippen molar-refractivity contribution in [2.45, 2.75) is 51.7 Å². The molecule has 0 unspecified atom stereocenters. The molecule has 0 heterocycles. The van der Waals surface area contributed by atoms with Crippen LogP contribution in [0.4, 0.5) is 0 Å². The number of ketones is 1. The molecule has 0 aromatic heterocycles. The number of hydrogen-bond acceptors (Lipinski definition) is 4. The van der Waals surface area contributed by atoms with Crippen molar-refractivity contribution in [3.8, 4) is 5.75 Å². The number of aryl methyl sites for hydroxylation is 1. The van der Waals surface area contributed by atoms with Gasteiger partial charge in [-0.2, -0.15) is 0 Å². The van der Waals surface area contributed by atoms with Gasteiger partial charge in [-0.3, -0.25) is 4.79 Å². The maximum atomic E-state index is 13.2. The van der Waals surface area contributed by atoms with Gasteiger partial charge in [-0.05, 0) is 59.2 Å². The summed E-state index contributed by atoms with van der Waals surface area (Å²) in [7, 11) is -3.67. The molecule has 3 rings (SSSR count). The van der Waals surface area contributed by atoms with Crippen molar-refractivity contribution in [2.75, 3.05) is 6.61 Å². The Morgan fingerprint density at radius 1 is 1.00 bits per heavy atom. The first-order valence-electron chi connectivity index (χ1n) is 12.2. The fourth-order valence-electron chi connectivity index (χ4n) is 3.64. The highest BCUT2D eigenvalue weighted by molar-refractivity contribution is 7.90. The van der Waals surface area contributed by atoms with Gasteiger partial charge in [-0.1, -0.05) is 88.0 Å². The largest absolute Gasteiger partial charge is 0.489 e. The first-order valence-corrected chi connectivity index (χ1v) is 13.9. The summed E-state index contributed by atoms with van der Waals surface area (Å²) in [4.78, 5) is 12.6. The van der Waals surface area contributed by atoms with Gasteiger partial charge in [0.1, 0.15) is 12.4 Å². The zero-order chi connectivity index (χ0) is 26.7. The summed E-state index contributed by atoms with van der Waals surface area (Å²) in [6, 6.07) is 19.7. The van der Waals surface area contributed by atoms with Crippen molar-refractivity contribution in [1.29, 1.82) is 0 Å². The lowest BCUT2D eigenvalue weighted by molar-refractivity contribution is 0.0987. The van der Waals surface area contributed by atoms with Crippen LogP contribution in [-0.4, -0.2) is 20.8 Å². The van der Waals surface area contributed by atoms with E-state index in [1.165, 1.54) is 6.07 Å². The first-order chi connectivity index (χ1) is 17.2. The highest BCUT2D eigenvalue weighted by atomic mass is 32.2. The smallest absolute Gasteiger partial charge is 0.182 e. The number of carbonyl (C=O) groups is 1. The maximum Gasteiger partial charge on any atom is 0.182 e. The zero-order valence-corrected chi connectivity index (χ0v) is 22.7. The average molecular weight is 505 g/mol. The normalized spacial score (nSPS) is 12.0. The number of allylic oxidation sites excluding steroid dienone is 1. The van der Waals surface area contributed by atoms with Gasteiger partial charge in [0.25, 0.3) is 0 Å². The summed E-state index contributed by atoms with van der Waals surface area (Å²) in [6.07, 6.45) is 4.28. The van der Waals surface area contributed by atoms with E-state index in [4.69, 9.17) is 4.74 Å². The second kappa shape index (κ2) is 13.6. The molecule has 190 valence electrons. The van der Waals surface area contributed by atoms with Crippen LogP contribution in [0.15, 0.2) is 83.3 Å². The van der Waals surface area contributed by atoms with E-state index in [-0.39, 0.29) is 16.4 Å². The summed E-state index contributed by atoms with van der Waals surface area (Å²) >= 11 is 0. The van der Waals surface area contributed by atoms with Gasteiger partial charge in [-0.25, -0.2) is 8.42 Å². The molecule has 0 aliphatic heterocycles. The molecule has 0 aliphatic rings.